The Bertz CT molecular complexity index is 925. The van der Waals surface area contributed by atoms with Crippen molar-refractivity contribution >= 4 is 23.1 Å². The highest BCUT2D eigenvalue weighted by Gasteiger charge is 2.34. The molecule has 6 heteroatoms. The zero-order chi connectivity index (χ0) is 20.3. The summed E-state index contributed by atoms with van der Waals surface area (Å²) < 4.78 is 5.25. The van der Waals surface area contributed by atoms with Crippen molar-refractivity contribution in [3.63, 3.8) is 0 Å². The molecule has 1 heterocycles. The second kappa shape index (κ2) is 8.44. The maximum absolute atomic E-state index is 13.4. The molecule has 2 aromatic rings. The van der Waals surface area contributed by atoms with E-state index in [0.717, 1.165) is 24.2 Å². The molecule has 5 nitrogen and oxygen atoms in total. The Balaban J connectivity index is 2.14. The van der Waals surface area contributed by atoms with E-state index in [9.17, 15) is 9.90 Å². The molecule has 1 atom stereocenters. The van der Waals surface area contributed by atoms with Gasteiger partial charge in [-0.15, -0.1) is 0 Å². The maximum atomic E-state index is 13.4. The van der Waals surface area contributed by atoms with E-state index < -0.39 is 6.04 Å². The van der Waals surface area contributed by atoms with Crippen LogP contribution in [0.3, 0.4) is 0 Å². The molecule has 0 aliphatic carbocycles. The molecular weight excluding hydrogens is 372 g/mol. The first-order valence-corrected chi connectivity index (χ1v) is 9.64. The molecule has 0 saturated heterocycles. The summed E-state index contributed by atoms with van der Waals surface area (Å²) in [7, 11) is 1.50. The quantitative estimate of drug-likeness (QED) is 0.564. The zero-order valence-corrected chi connectivity index (χ0v) is 17.0. The van der Waals surface area contributed by atoms with E-state index >= 15 is 0 Å². The van der Waals surface area contributed by atoms with Crippen LogP contribution in [0.5, 0.6) is 11.5 Å². The highest BCUT2D eigenvalue weighted by Crippen LogP contribution is 2.36. The lowest BCUT2D eigenvalue weighted by molar-refractivity contribution is 0.102. The van der Waals surface area contributed by atoms with E-state index in [1.165, 1.54) is 7.11 Å². The Kier molecular flexibility index (Phi) is 5.99. The summed E-state index contributed by atoms with van der Waals surface area (Å²) in [6.45, 7) is 4.74. The van der Waals surface area contributed by atoms with Crippen LogP contribution in [0.2, 0.25) is 0 Å². The molecule has 28 heavy (non-hydrogen) atoms. The summed E-state index contributed by atoms with van der Waals surface area (Å²) in [5.74, 6) is 0.352. The fourth-order valence-corrected chi connectivity index (χ4v) is 3.78. The van der Waals surface area contributed by atoms with Gasteiger partial charge in [0.2, 0.25) is 0 Å². The molecule has 146 valence electrons. The van der Waals surface area contributed by atoms with Crippen LogP contribution in [0, 0.1) is 0 Å². The van der Waals surface area contributed by atoms with Gasteiger partial charge in [0.1, 0.15) is 0 Å². The van der Waals surface area contributed by atoms with Gasteiger partial charge in [-0.3, -0.25) is 4.79 Å². The molecule has 1 unspecified atom stereocenters. The molecule has 1 aliphatic heterocycles. The van der Waals surface area contributed by atoms with Gasteiger partial charge in [0, 0.05) is 23.4 Å². The second-order valence-electron chi connectivity index (χ2n) is 6.66. The molecule has 0 spiro atoms. The Morgan fingerprint density at radius 1 is 1.25 bits per heavy atom. The summed E-state index contributed by atoms with van der Waals surface area (Å²) in [6, 6.07) is 13.9. The summed E-state index contributed by atoms with van der Waals surface area (Å²) in [6.07, 6.45) is 0.906. The smallest absolute Gasteiger partial charge is 0.193 e. The minimum atomic E-state index is -0.428. The van der Waals surface area contributed by atoms with E-state index in [4.69, 9.17) is 17.0 Å². The molecule has 0 amide bonds. The minimum absolute atomic E-state index is 0.0498. The number of ether oxygens (including phenoxy) is 1. The monoisotopic (exact) mass is 396 g/mol. The summed E-state index contributed by atoms with van der Waals surface area (Å²) in [4.78, 5) is 15.4. The second-order valence-corrected chi connectivity index (χ2v) is 7.05. The first-order valence-electron chi connectivity index (χ1n) is 9.23. The van der Waals surface area contributed by atoms with Crippen LogP contribution in [0.4, 0.5) is 0 Å². The molecule has 1 aliphatic rings. The number of carbonyl (C=O) groups is 1. The summed E-state index contributed by atoms with van der Waals surface area (Å²) >= 11 is 5.58. The first-order chi connectivity index (χ1) is 13.5. The van der Waals surface area contributed by atoms with Crippen molar-refractivity contribution in [2.45, 2.75) is 26.3 Å². The summed E-state index contributed by atoms with van der Waals surface area (Å²) in [5.41, 5.74) is 2.91. The Morgan fingerprint density at radius 3 is 2.61 bits per heavy atom. The number of thiocarbonyl (C=S) groups is 1. The van der Waals surface area contributed by atoms with Gasteiger partial charge in [0.15, 0.2) is 22.4 Å². The lowest BCUT2D eigenvalue weighted by Gasteiger charge is -2.38. The number of hydrogen-bond donors (Lipinski definition) is 2. The average Bonchev–Trinajstić information content (AvgIpc) is 2.71. The lowest BCUT2D eigenvalue weighted by atomic mass is 9.89. The summed E-state index contributed by atoms with van der Waals surface area (Å²) in [5, 5.41) is 13.8. The number of benzene rings is 2. The molecule has 3 rings (SSSR count). The van der Waals surface area contributed by atoms with E-state index in [2.05, 4.69) is 12.2 Å². The van der Waals surface area contributed by atoms with Crippen LogP contribution < -0.4 is 10.1 Å². The van der Waals surface area contributed by atoms with Crippen LogP contribution in [0.25, 0.3) is 0 Å². The van der Waals surface area contributed by atoms with Gasteiger partial charge >= 0.3 is 0 Å². The molecule has 0 saturated carbocycles. The normalized spacial score (nSPS) is 16.8. The van der Waals surface area contributed by atoms with Crippen molar-refractivity contribution in [3.8, 4) is 11.5 Å². The van der Waals surface area contributed by atoms with E-state index in [0.29, 0.717) is 22.0 Å². The van der Waals surface area contributed by atoms with Crippen LogP contribution in [-0.2, 0) is 0 Å². The number of methoxy groups -OCH3 is 1. The van der Waals surface area contributed by atoms with Crippen LogP contribution >= 0.6 is 12.2 Å². The maximum Gasteiger partial charge on any atom is 0.193 e. The Labute approximate surface area is 170 Å². The van der Waals surface area contributed by atoms with E-state index in [1.807, 2.05) is 42.2 Å². The number of phenolic OH excluding ortho intramolecular Hbond substituents is 1. The number of nitrogens with zero attached hydrogens (tertiary/aromatic N) is 1. The van der Waals surface area contributed by atoms with Crippen molar-refractivity contribution in [3.05, 3.63) is 70.9 Å². The lowest BCUT2D eigenvalue weighted by Crippen LogP contribution is -2.47. The number of ketones is 1. The third kappa shape index (κ3) is 3.73. The zero-order valence-electron chi connectivity index (χ0n) is 16.2. The third-order valence-corrected chi connectivity index (χ3v) is 5.20. The van der Waals surface area contributed by atoms with Gasteiger partial charge in [0.25, 0.3) is 0 Å². The number of Topliss-reactive ketones (excluding diaryl/α,β-unsaturated/α-hetero) is 1. The number of allylic oxidation sites excluding steroid dienone is 1. The number of hydrogen-bond acceptors (Lipinski definition) is 4. The number of rotatable bonds is 6. The molecule has 2 N–H and O–H groups in total. The fourth-order valence-electron chi connectivity index (χ4n) is 3.44. The number of nitrogens with one attached hydrogen (secondary N) is 1. The number of carbonyl (C=O) groups excluding carboxylic acids is 1. The van der Waals surface area contributed by atoms with Crippen molar-refractivity contribution in [2.24, 2.45) is 0 Å². The Hall–Kier alpha value is -2.86. The van der Waals surface area contributed by atoms with Gasteiger partial charge in [0.05, 0.1) is 13.2 Å². The molecule has 0 bridgehead atoms. The van der Waals surface area contributed by atoms with Gasteiger partial charge in [-0.2, -0.15) is 0 Å². The van der Waals surface area contributed by atoms with Crippen molar-refractivity contribution in [2.75, 3.05) is 13.7 Å². The number of aromatic hydroxyl groups is 1. The number of phenols is 1. The van der Waals surface area contributed by atoms with Crippen molar-refractivity contribution < 1.29 is 14.6 Å². The van der Waals surface area contributed by atoms with Crippen molar-refractivity contribution in [1.82, 2.24) is 10.2 Å². The predicted molar refractivity (Wildman–Crippen MR) is 114 cm³/mol. The van der Waals surface area contributed by atoms with Crippen LogP contribution in [-0.4, -0.2) is 34.6 Å². The molecule has 0 fully saturated rings. The van der Waals surface area contributed by atoms with Gasteiger partial charge in [-0.25, -0.2) is 0 Å². The van der Waals surface area contributed by atoms with Crippen LogP contribution in [0.15, 0.2) is 59.8 Å². The highest BCUT2D eigenvalue weighted by molar-refractivity contribution is 7.80. The third-order valence-electron chi connectivity index (χ3n) is 4.86. The highest BCUT2D eigenvalue weighted by atomic mass is 32.1. The SMILES string of the molecule is CCCN1C(=S)NC(c2ccc(O)c(OC)c2)C(C(=O)c2ccccc2)=C1C. The van der Waals surface area contributed by atoms with E-state index in [1.54, 1.807) is 18.2 Å². The fraction of sp³-hybridized carbons (Fsp3) is 0.273. The van der Waals surface area contributed by atoms with Gasteiger partial charge in [-0.05, 0) is 43.3 Å². The van der Waals surface area contributed by atoms with E-state index in [-0.39, 0.29) is 11.5 Å². The molecule has 0 radical (unpaired) electrons. The minimum Gasteiger partial charge on any atom is -0.504 e. The predicted octanol–water partition coefficient (Wildman–Crippen LogP) is 4.20. The largest absolute Gasteiger partial charge is 0.504 e. The van der Waals surface area contributed by atoms with Gasteiger partial charge in [-0.1, -0.05) is 43.3 Å². The molecule has 2 aromatic carbocycles. The Morgan fingerprint density at radius 2 is 1.96 bits per heavy atom. The van der Waals surface area contributed by atoms with Crippen molar-refractivity contribution in [1.29, 1.82) is 0 Å². The van der Waals surface area contributed by atoms with Gasteiger partial charge < -0.3 is 20.1 Å². The molecule has 0 aromatic heterocycles. The first kappa shape index (κ1) is 19.9. The standard InChI is InChI=1S/C22H24N2O3S/c1-4-12-24-14(2)19(21(26)15-8-6-5-7-9-15)20(23-22(24)28)16-10-11-17(25)18(13-16)27-3/h5-11,13,20,25H,4,12H2,1-3H3,(H,23,28). The van der Waals surface area contributed by atoms with Crippen LogP contribution in [0.1, 0.15) is 42.2 Å². The molecular formula is C22H24N2O3S. The topological polar surface area (TPSA) is 61.8 Å². The average molecular weight is 397 g/mol.